The molecule has 7 nitrogen and oxygen atoms in total. The van der Waals surface area contributed by atoms with Crippen LogP contribution in [0, 0.1) is 0 Å². The van der Waals surface area contributed by atoms with Crippen molar-refractivity contribution in [3.05, 3.63) is 29.7 Å². The molecule has 2 aromatic heterocycles. The lowest BCUT2D eigenvalue weighted by Crippen LogP contribution is -2.25. The normalized spacial score (nSPS) is 18.2. The number of hydrogen-bond donors (Lipinski definition) is 3. The van der Waals surface area contributed by atoms with Gasteiger partial charge >= 0.3 is 0 Å². The molecule has 0 saturated heterocycles. The van der Waals surface area contributed by atoms with Crippen LogP contribution in [0.25, 0.3) is 0 Å². The van der Waals surface area contributed by atoms with Crippen LogP contribution < -0.4 is 11.1 Å². The quantitative estimate of drug-likeness (QED) is 0.747. The number of furan rings is 1. The highest BCUT2D eigenvalue weighted by molar-refractivity contribution is 5.95. The Morgan fingerprint density at radius 1 is 1.63 bits per heavy atom. The zero-order valence-electron chi connectivity index (χ0n) is 10.2. The number of fused-ring (bicyclic) bond motifs is 1. The summed E-state index contributed by atoms with van der Waals surface area (Å²) >= 11 is 0. The minimum atomic E-state index is -0.230. The summed E-state index contributed by atoms with van der Waals surface area (Å²) in [6, 6.07) is 3.59. The first-order valence-electron chi connectivity index (χ1n) is 6.01. The molecule has 1 unspecified atom stereocenters. The number of nitrogen functional groups attached to an aromatic ring is 1. The van der Waals surface area contributed by atoms with Gasteiger partial charge in [0, 0.05) is 12.0 Å². The number of aliphatic hydroxyl groups is 1. The highest BCUT2D eigenvalue weighted by Gasteiger charge is 2.34. The van der Waals surface area contributed by atoms with E-state index in [1.165, 1.54) is 4.68 Å². The Kier molecular flexibility index (Phi) is 2.75. The van der Waals surface area contributed by atoms with Gasteiger partial charge in [-0.2, -0.15) is 5.10 Å². The number of nitrogens with zero attached hydrogens (tertiary/aromatic N) is 2. The number of amides is 1. The summed E-state index contributed by atoms with van der Waals surface area (Å²) in [5.41, 5.74) is 6.68. The number of nitrogens with one attached hydrogen (secondary N) is 1. The Balaban J connectivity index is 2.10. The van der Waals surface area contributed by atoms with E-state index in [1.54, 1.807) is 12.3 Å². The van der Waals surface area contributed by atoms with Crippen LogP contribution >= 0.6 is 0 Å². The number of carbonyl (C=O) groups is 1. The Bertz CT molecular complexity index is 603. The molecule has 0 aromatic carbocycles. The summed E-state index contributed by atoms with van der Waals surface area (Å²) in [6.07, 6.45) is 1.84. The standard InChI is InChI=1S/C12H14N4O3/c13-11-10-7(8-2-1-5-19-8)6-9(18)14-12(10)16(15-11)3-4-17/h1-2,5,7,17H,3-4,6H2,(H2,13,15)(H,14,18). The van der Waals surface area contributed by atoms with E-state index in [4.69, 9.17) is 15.3 Å². The molecule has 4 N–H and O–H groups in total. The fraction of sp³-hybridized carbons (Fsp3) is 0.333. The molecular formula is C12H14N4O3. The number of aromatic nitrogens is 2. The summed E-state index contributed by atoms with van der Waals surface area (Å²) in [6.45, 7) is 0.208. The molecule has 2 aromatic rings. The second kappa shape index (κ2) is 4.43. The fourth-order valence-corrected chi connectivity index (χ4v) is 2.43. The summed E-state index contributed by atoms with van der Waals surface area (Å²) in [4.78, 5) is 11.8. The van der Waals surface area contributed by atoms with E-state index in [2.05, 4.69) is 10.4 Å². The van der Waals surface area contributed by atoms with Gasteiger partial charge in [0.2, 0.25) is 5.91 Å². The van der Waals surface area contributed by atoms with Crippen molar-refractivity contribution in [2.24, 2.45) is 0 Å². The minimum absolute atomic E-state index is 0.0746. The lowest BCUT2D eigenvalue weighted by atomic mass is 9.91. The Labute approximate surface area is 109 Å². The maximum atomic E-state index is 11.8. The third-order valence-corrected chi connectivity index (χ3v) is 3.21. The second-order valence-electron chi connectivity index (χ2n) is 4.41. The molecule has 0 spiro atoms. The van der Waals surface area contributed by atoms with Crippen molar-refractivity contribution in [2.45, 2.75) is 18.9 Å². The molecule has 1 aliphatic heterocycles. The van der Waals surface area contributed by atoms with E-state index in [1.807, 2.05) is 6.07 Å². The predicted octanol–water partition coefficient (Wildman–Crippen LogP) is 0.525. The number of anilines is 2. The molecule has 19 heavy (non-hydrogen) atoms. The van der Waals surface area contributed by atoms with Crippen molar-refractivity contribution in [2.75, 3.05) is 17.7 Å². The van der Waals surface area contributed by atoms with Gasteiger partial charge in [0.15, 0.2) is 5.82 Å². The predicted molar refractivity (Wildman–Crippen MR) is 67.5 cm³/mol. The van der Waals surface area contributed by atoms with Gasteiger partial charge in [0.1, 0.15) is 11.6 Å². The summed E-state index contributed by atoms with van der Waals surface area (Å²) < 4.78 is 6.89. The molecule has 0 radical (unpaired) electrons. The first-order valence-corrected chi connectivity index (χ1v) is 6.01. The van der Waals surface area contributed by atoms with E-state index in [9.17, 15) is 4.79 Å². The summed E-state index contributed by atoms with van der Waals surface area (Å²) in [5.74, 6) is 1.24. The van der Waals surface area contributed by atoms with Gasteiger partial charge in [-0.25, -0.2) is 4.68 Å². The smallest absolute Gasteiger partial charge is 0.226 e. The van der Waals surface area contributed by atoms with Gasteiger partial charge in [-0.15, -0.1) is 0 Å². The lowest BCUT2D eigenvalue weighted by Gasteiger charge is -2.22. The highest BCUT2D eigenvalue weighted by atomic mass is 16.3. The third kappa shape index (κ3) is 1.88. The Hall–Kier alpha value is -2.28. The van der Waals surface area contributed by atoms with Gasteiger partial charge in [-0.05, 0) is 12.1 Å². The molecule has 1 atom stereocenters. The highest BCUT2D eigenvalue weighted by Crippen LogP contribution is 2.40. The van der Waals surface area contributed by atoms with Crippen LogP contribution in [0.5, 0.6) is 0 Å². The molecule has 3 rings (SSSR count). The maximum absolute atomic E-state index is 11.8. The fourth-order valence-electron chi connectivity index (χ4n) is 2.43. The van der Waals surface area contributed by atoms with Crippen molar-refractivity contribution >= 4 is 17.5 Å². The Morgan fingerprint density at radius 3 is 3.16 bits per heavy atom. The van der Waals surface area contributed by atoms with Crippen LogP contribution in [0.2, 0.25) is 0 Å². The van der Waals surface area contributed by atoms with Crippen molar-refractivity contribution in [3.8, 4) is 0 Å². The average Bonchev–Trinajstić information content (AvgIpc) is 2.99. The van der Waals surface area contributed by atoms with Gasteiger partial charge in [0.25, 0.3) is 0 Å². The van der Waals surface area contributed by atoms with Crippen LogP contribution in [-0.4, -0.2) is 27.4 Å². The van der Waals surface area contributed by atoms with Crippen molar-refractivity contribution in [1.29, 1.82) is 0 Å². The van der Waals surface area contributed by atoms with Gasteiger partial charge in [-0.1, -0.05) is 0 Å². The molecule has 1 amide bonds. The van der Waals surface area contributed by atoms with E-state index in [0.29, 0.717) is 17.4 Å². The molecule has 0 fully saturated rings. The molecule has 7 heteroatoms. The second-order valence-corrected chi connectivity index (χ2v) is 4.41. The van der Waals surface area contributed by atoms with E-state index >= 15 is 0 Å². The van der Waals surface area contributed by atoms with Crippen molar-refractivity contribution in [3.63, 3.8) is 0 Å². The first kappa shape index (κ1) is 11.8. The van der Waals surface area contributed by atoms with Crippen LogP contribution in [-0.2, 0) is 11.3 Å². The lowest BCUT2D eigenvalue weighted by molar-refractivity contribution is -0.116. The summed E-state index contributed by atoms with van der Waals surface area (Å²) in [5, 5.41) is 15.9. The number of nitrogens with two attached hydrogens (primary N) is 1. The number of aliphatic hydroxyl groups excluding tert-OH is 1. The van der Waals surface area contributed by atoms with E-state index in [0.717, 1.165) is 5.56 Å². The van der Waals surface area contributed by atoms with E-state index in [-0.39, 0.29) is 31.4 Å². The van der Waals surface area contributed by atoms with E-state index < -0.39 is 0 Å². The molecule has 3 heterocycles. The molecular weight excluding hydrogens is 248 g/mol. The topological polar surface area (TPSA) is 106 Å². The molecule has 1 aliphatic rings. The SMILES string of the molecule is Nc1nn(CCO)c2c1C(c1ccco1)CC(=O)N2. The van der Waals surface area contributed by atoms with Gasteiger partial charge < -0.3 is 20.6 Å². The minimum Gasteiger partial charge on any atom is -0.469 e. The van der Waals surface area contributed by atoms with Gasteiger partial charge in [0.05, 0.1) is 25.3 Å². The number of hydrogen-bond acceptors (Lipinski definition) is 5. The largest absolute Gasteiger partial charge is 0.469 e. The van der Waals surface area contributed by atoms with Crippen molar-refractivity contribution < 1.29 is 14.3 Å². The van der Waals surface area contributed by atoms with Crippen molar-refractivity contribution in [1.82, 2.24) is 9.78 Å². The Morgan fingerprint density at radius 2 is 2.47 bits per heavy atom. The molecule has 0 saturated carbocycles. The monoisotopic (exact) mass is 262 g/mol. The summed E-state index contributed by atoms with van der Waals surface area (Å²) in [7, 11) is 0. The number of carbonyl (C=O) groups excluding carboxylic acids is 1. The van der Waals surface area contributed by atoms with Crippen LogP contribution in [0.15, 0.2) is 22.8 Å². The zero-order valence-corrected chi connectivity index (χ0v) is 10.2. The average molecular weight is 262 g/mol. The van der Waals surface area contributed by atoms with Crippen LogP contribution in [0.4, 0.5) is 11.6 Å². The third-order valence-electron chi connectivity index (χ3n) is 3.21. The van der Waals surface area contributed by atoms with Crippen LogP contribution in [0.3, 0.4) is 0 Å². The first-order chi connectivity index (χ1) is 9.20. The zero-order chi connectivity index (χ0) is 13.4. The van der Waals surface area contributed by atoms with Gasteiger partial charge in [-0.3, -0.25) is 4.79 Å². The van der Waals surface area contributed by atoms with Crippen LogP contribution in [0.1, 0.15) is 23.7 Å². The molecule has 100 valence electrons. The molecule has 0 bridgehead atoms. The maximum Gasteiger partial charge on any atom is 0.226 e. The molecule has 0 aliphatic carbocycles. The number of rotatable bonds is 3.